The Bertz CT molecular complexity index is 814. The highest BCUT2D eigenvalue weighted by Gasteiger charge is 2.15. The van der Waals surface area contributed by atoms with E-state index in [0.717, 1.165) is 5.56 Å². The predicted octanol–water partition coefficient (Wildman–Crippen LogP) is 4.06. The normalized spacial score (nSPS) is 11.2. The molecule has 0 atom stereocenters. The van der Waals surface area contributed by atoms with Crippen LogP contribution in [0, 0.1) is 0 Å². The van der Waals surface area contributed by atoms with E-state index in [1.807, 2.05) is 12.1 Å². The van der Waals surface area contributed by atoms with E-state index < -0.39 is 18.5 Å². The number of hydrogen-bond acceptors (Lipinski definition) is 4. The highest BCUT2D eigenvalue weighted by Crippen LogP contribution is 2.22. The van der Waals surface area contributed by atoms with Crippen LogP contribution in [0.3, 0.4) is 0 Å². The van der Waals surface area contributed by atoms with E-state index in [2.05, 4.69) is 30.8 Å². The number of ether oxygens (including phenoxy) is 2. The van der Waals surface area contributed by atoms with Crippen molar-refractivity contribution in [2.75, 3.05) is 6.54 Å². The summed E-state index contributed by atoms with van der Waals surface area (Å²) < 4.78 is 34.2. The fourth-order valence-corrected chi connectivity index (χ4v) is 2.42. The zero-order chi connectivity index (χ0) is 20.7. The number of halogens is 2. The molecule has 0 aliphatic heterocycles. The number of alkyl halides is 2. The summed E-state index contributed by atoms with van der Waals surface area (Å²) in [5.41, 5.74) is 1.80. The Balaban J connectivity index is 1.85. The molecule has 0 saturated carbocycles. The van der Waals surface area contributed by atoms with Crippen molar-refractivity contribution in [1.29, 1.82) is 0 Å². The van der Waals surface area contributed by atoms with E-state index in [1.54, 1.807) is 18.2 Å². The lowest BCUT2D eigenvalue weighted by atomic mass is 9.87. The minimum Gasteiger partial charge on any atom is -0.459 e. The van der Waals surface area contributed by atoms with Crippen LogP contribution in [0.25, 0.3) is 0 Å². The van der Waals surface area contributed by atoms with Gasteiger partial charge in [0.1, 0.15) is 18.9 Å². The van der Waals surface area contributed by atoms with Gasteiger partial charge in [-0.15, -0.1) is 0 Å². The Morgan fingerprint density at radius 3 is 2.29 bits per heavy atom. The molecule has 0 fully saturated rings. The summed E-state index contributed by atoms with van der Waals surface area (Å²) in [4.78, 5) is 24.0. The number of carbonyl (C=O) groups is 2. The molecule has 0 aliphatic rings. The minimum absolute atomic E-state index is 0.0247. The third-order valence-corrected chi connectivity index (χ3v) is 3.98. The average molecular weight is 391 g/mol. The van der Waals surface area contributed by atoms with Gasteiger partial charge in [0.2, 0.25) is 0 Å². The van der Waals surface area contributed by atoms with Crippen molar-refractivity contribution >= 4 is 11.9 Å². The first-order valence-electron chi connectivity index (χ1n) is 8.74. The van der Waals surface area contributed by atoms with Gasteiger partial charge in [-0.2, -0.15) is 8.78 Å². The smallest absolute Gasteiger partial charge is 0.387 e. The fourth-order valence-electron chi connectivity index (χ4n) is 2.42. The molecule has 2 rings (SSSR count). The van der Waals surface area contributed by atoms with Crippen molar-refractivity contribution in [3.8, 4) is 5.75 Å². The lowest BCUT2D eigenvalue weighted by molar-refractivity contribution is -0.143. The van der Waals surface area contributed by atoms with Gasteiger partial charge in [-0.05, 0) is 29.2 Å². The number of carbonyl (C=O) groups excluding carboxylic acids is 2. The average Bonchev–Trinajstić information content (AvgIpc) is 2.64. The summed E-state index contributed by atoms with van der Waals surface area (Å²) in [6.45, 7) is 2.67. The standard InChI is InChI=1S/C21H23F2NO4/c1-21(2,3)16-10-8-14(9-11-16)19(26)24-12-18(25)27-13-15-6-4-5-7-17(15)28-20(22)23/h4-11,20H,12-13H2,1-3H3,(H,24,26). The van der Waals surface area contributed by atoms with Crippen molar-refractivity contribution in [3.05, 3.63) is 65.2 Å². The third-order valence-electron chi connectivity index (χ3n) is 3.98. The summed E-state index contributed by atoms with van der Waals surface area (Å²) in [6, 6.07) is 13.1. The number of para-hydroxylation sites is 1. The van der Waals surface area contributed by atoms with E-state index in [9.17, 15) is 18.4 Å². The van der Waals surface area contributed by atoms with Crippen molar-refractivity contribution in [3.63, 3.8) is 0 Å². The maximum absolute atomic E-state index is 12.4. The molecule has 1 N–H and O–H groups in total. The molecule has 1 amide bonds. The summed E-state index contributed by atoms with van der Waals surface area (Å²) >= 11 is 0. The molecule has 0 heterocycles. The van der Waals surface area contributed by atoms with E-state index in [4.69, 9.17) is 4.74 Å². The molecule has 0 saturated heterocycles. The van der Waals surface area contributed by atoms with Gasteiger partial charge in [0.15, 0.2) is 0 Å². The quantitative estimate of drug-likeness (QED) is 0.723. The van der Waals surface area contributed by atoms with Gasteiger partial charge < -0.3 is 14.8 Å². The van der Waals surface area contributed by atoms with Crippen LogP contribution in [0.1, 0.15) is 42.3 Å². The van der Waals surface area contributed by atoms with Gasteiger partial charge in [0.25, 0.3) is 5.91 Å². The van der Waals surface area contributed by atoms with Gasteiger partial charge in [0.05, 0.1) is 0 Å². The molecule has 0 aromatic heterocycles. The zero-order valence-corrected chi connectivity index (χ0v) is 16.0. The fraction of sp³-hybridized carbons (Fsp3) is 0.333. The van der Waals surface area contributed by atoms with Gasteiger partial charge in [0, 0.05) is 11.1 Å². The Morgan fingerprint density at radius 2 is 1.68 bits per heavy atom. The highest BCUT2D eigenvalue weighted by molar-refractivity contribution is 5.95. The molecule has 150 valence electrons. The van der Waals surface area contributed by atoms with Crippen LogP contribution < -0.4 is 10.1 Å². The molecular formula is C21H23F2NO4. The van der Waals surface area contributed by atoms with E-state index >= 15 is 0 Å². The van der Waals surface area contributed by atoms with E-state index in [0.29, 0.717) is 11.1 Å². The van der Waals surface area contributed by atoms with Crippen LogP contribution in [-0.4, -0.2) is 25.0 Å². The van der Waals surface area contributed by atoms with Crippen LogP contribution in [-0.2, 0) is 21.6 Å². The molecule has 0 radical (unpaired) electrons. The first kappa shape index (κ1) is 21.3. The van der Waals surface area contributed by atoms with Crippen molar-refractivity contribution in [2.45, 2.75) is 39.4 Å². The number of esters is 1. The molecule has 0 aliphatic carbocycles. The summed E-state index contributed by atoms with van der Waals surface area (Å²) in [6.07, 6.45) is 0. The number of amides is 1. The van der Waals surface area contributed by atoms with E-state index in [1.165, 1.54) is 18.2 Å². The summed E-state index contributed by atoms with van der Waals surface area (Å²) in [5.74, 6) is -1.15. The summed E-state index contributed by atoms with van der Waals surface area (Å²) in [7, 11) is 0. The van der Waals surface area contributed by atoms with Crippen molar-refractivity contribution in [2.24, 2.45) is 0 Å². The predicted molar refractivity (Wildman–Crippen MR) is 100 cm³/mol. The topological polar surface area (TPSA) is 64.6 Å². The summed E-state index contributed by atoms with van der Waals surface area (Å²) in [5, 5.41) is 2.48. The van der Waals surface area contributed by atoms with Crippen LogP contribution in [0.2, 0.25) is 0 Å². The lowest BCUT2D eigenvalue weighted by Crippen LogP contribution is -2.30. The Hall–Kier alpha value is -2.96. The molecule has 7 heteroatoms. The molecular weight excluding hydrogens is 368 g/mol. The van der Waals surface area contributed by atoms with Crippen molar-refractivity contribution < 1.29 is 27.8 Å². The number of nitrogens with one attached hydrogen (secondary N) is 1. The van der Waals surface area contributed by atoms with Gasteiger partial charge in [-0.3, -0.25) is 9.59 Å². The molecule has 0 unspecified atom stereocenters. The van der Waals surface area contributed by atoms with Crippen LogP contribution >= 0.6 is 0 Å². The zero-order valence-electron chi connectivity index (χ0n) is 16.0. The van der Waals surface area contributed by atoms with Gasteiger partial charge in [-0.25, -0.2) is 0 Å². The maximum Gasteiger partial charge on any atom is 0.387 e. The molecule has 0 bridgehead atoms. The highest BCUT2D eigenvalue weighted by atomic mass is 19.3. The molecule has 2 aromatic rings. The Kier molecular flexibility index (Phi) is 7.09. The van der Waals surface area contributed by atoms with E-state index in [-0.39, 0.29) is 24.3 Å². The van der Waals surface area contributed by atoms with Crippen LogP contribution in [0.15, 0.2) is 48.5 Å². The second-order valence-corrected chi connectivity index (χ2v) is 7.16. The van der Waals surface area contributed by atoms with Crippen LogP contribution in [0.5, 0.6) is 5.75 Å². The molecule has 28 heavy (non-hydrogen) atoms. The van der Waals surface area contributed by atoms with Gasteiger partial charge in [-0.1, -0.05) is 51.1 Å². The Labute approximate surface area is 162 Å². The van der Waals surface area contributed by atoms with Crippen molar-refractivity contribution in [1.82, 2.24) is 5.32 Å². The van der Waals surface area contributed by atoms with Gasteiger partial charge >= 0.3 is 12.6 Å². The molecule has 5 nitrogen and oxygen atoms in total. The second-order valence-electron chi connectivity index (χ2n) is 7.16. The number of hydrogen-bond donors (Lipinski definition) is 1. The first-order valence-corrected chi connectivity index (χ1v) is 8.74. The lowest BCUT2D eigenvalue weighted by Gasteiger charge is -2.19. The minimum atomic E-state index is -2.97. The third kappa shape index (κ3) is 6.33. The maximum atomic E-state index is 12.4. The first-order chi connectivity index (χ1) is 13.2. The second kappa shape index (κ2) is 9.30. The molecule has 2 aromatic carbocycles. The largest absolute Gasteiger partial charge is 0.459 e. The van der Waals surface area contributed by atoms with Crippen LogP contribution in [0.4, 0.5) is 8.78 Å². The monoisotopic (exact) mass is 391 g/mol. The molecule has 0 spiro atoms. The number of benzene rings is 2. The SMILES string of the molecule is CC(C)(C)c1ccc(C(=O)NCC(=O)OCc2ccccc2OC(F)F)cc1. The Morgan fingerprint density at radius 1 is 1.04 bits per heavy atom. The number of rotatable bonds is 7.